The third kappa shape index (κ3) is 1.53. The minimum atomic E-state index is 0.314. The molecule has 0 heterocycles. The summed E-state index contributed by atoms with van der Waals surface area (Å²) in [5.74, 6) is 8.00. The standard InChI is InChI=1S/C28H28/c1-2-6-18-19-7-4-5-9-25(19)28(24(18)8-3-1)14-22-20-13-21(23(22)15-28)27-17-11-10-16(12-17)26(20)27/h2-11,16-17,20-23,26-27H,1,12-15H2. The molecule has 140 valence electrons. The van der Waals surface area contributed by atoms with Gasteiger partial charge in [-0.25, -0.2) is 0 Å². The molecule has 0 amide bonds. The molecule has 0 saturated heterocycles. The van der Waals surface area contributed by atoms with Crippen LogP contribution in [0.3, 0.4) is 0 Å². The topological polar surface area (TPSA) is 0 Å². The third-order valence-corrected chi connectivity index (χ3v) is 10.3. The van der Waals surface area contributed by atoms with E-state index in [0.29, 0.717) is 5.41 Å². The number of allylic oxidation sites excluding steroid dienone is 8. The Balaban J connectivity index is 1.28. The maximum Gasteiger partial charge on any atom is 0.0220 e. The van der Waals surface area contributed by atoms with Gasteiger partial charge in [-0.3, -0.25) is 0 Å². The molecular formula is C28H28. The zero-order chi connectivity index (χ0) is 18.0. The summed E-state index contributed by atoms with van der Waals surface area (Å²) in [4.78, 5) is 0. The van der Waals surface area contributed by atoms with Gasteiger partial charge in [-0.1, -0.05) is 60.7 Å². The summed E-state index contributed by atoms with van der Waals surface area (Å²) in [5.41, 5.74) is 6.72. The molecule has 4 bridgehead atoms. The van der Waals surface area contributed by atoms with Crippen molar-refractivity contribution in [2.75, 3.05) is 0 Å². The Bertz CT molecular complexity index is 984. The first-order valence-corrected chi connectivity index (χ1v) is 11.7. The predicted octanol–water partition coefficient (Wildman–Crippen LogP) is 6.32. The second kappa shape index (κ2) is 4.84. The van der Waals surface area contributed by atoms with E-state index in [2.05, 4.69) is 60.7 Å². The summed E-state index contributed by atoms with van der Waals surface area (Å²) in [5, 5.41) is 0. The van der Waals surface area contributed by atoms with Crippen LogP contribution in [0.4, 0.5) is 0 Å². The minimum absolute atomic E-state index is 0.314. The van der Waals surface area contributed by atoms with Crippen molar-refractivity contribution in [2.45, 2.75) is 37.5 Å². The molecule has 7 aliphatic rings. The van der Waals surface area contributed by atoms with Gasteiger partial charge in [-0.15, -0.1) is 0 Å². The zero-order valence-electron chi connectivity index (χ0n) is 16.4. The highest BCUT2D eigenvalue weighted by Gasteiger charge is 2.68. The van der Waals surface area contributed by atoms with Crippen LogP contribution in [-0.4, -0.2) is 0 Å². The molecule has 28 heavy (non-hydrogen) atoms. The van der Waals surface area contributed by atoms with Gasteiger partial charge in [0.2, 0.25) is 0 Å². The zero-order valence-corrected chi connectivity index (χ0v) is 16.4. The number of rotatable bonds is 0. The summed E-state index contributed by atoms with van der Waals surface area (Å²) in [6, 6.07) is 9.41. The van der Waals surface area contributed by atoms with Gasteiger partial charge in [0.25, 0.3) is 0 Å². The van der Waals surface area contributed by atoms with Gasteiger partial charge in [-0.2, -0.15) is 0 Å². The average molecular weight is 365 g/mol. The van der Waals surface area contributed by atoms with E-state index in [9.17, 15) is 0 Å². The fourth-order valence-electron chi connectivity index (χ4n) is 9.78. The minimum Gasteiger partial charge on any atom is -0.0848 e. The molecule has 0 N–H and O–H groups in total. The first-order chi connectivity index (χ1) is 13.9. The lowest BCUT2D eigenvalue weighted by molar-refractivity contribution is 0.108. The van der Waals surface area contributed by atoms with Crippen molar-refractivity contribution in [1.82, 2.24) is 0 Å². The first kappa shape index (κ1) is 15.1. The van der Waals surface area contributed by atoms with Crippen LogP contribution < -0.4 is 0 Å². The molecule has 8 unspecified atom stereocenters. The van der Waals surface area contributed by atoms with E-state index in [1.54, 1.807) is 23.1 Å². The summed E-state index contributed by atoms with van der Waals surface area (Å²) >= 11 is 0. The molecule has 7 aliphatic carbocycles. The Morgan fingerprint density at radius 3 is 2.25 bits per heavy atom. The van der Waals surface area contributed by atoms with Crippen molar-refractivity contribution < 1.29 is 0 Å². The van der Waals surface area contributed by atoms with Gasteiger partial charge < -0.3 is 0 Å². The molecule has 1 aromatic carbocycles. The second-order valence-corrected chi connectivity index (χ2v) is 10.9. The van der Waals surface area contributed by atoms with E-state index in [-0.39, 0.29) is 0 Å². The van der Waals surface area contributed by atoms with Crippen molar-refractivity contribution in [1.29, 1.82) is 0 Å². The number of benzene rings is 1. The molecule has 0 nitrogen and oxygen atoms in total. The van der Waals surface area contributed by atoms with Gasteiger partial charge in [-0.05, 0) is 102 Å². The Kier molecular flexibility index (Phi) is 2.60. The van der Waals surface area contributed by atoms with Gasteiger partial charge in [0.15, 0.2) is 0 Å². The lowest BCUT2D eigenvalue weighted by Crippen LogP contribution is -2.34. The lowest BCUT2D eigenvalue weighted by Gasteiger charge is -2.39. The van der Waals surface area contributed by atoms with Crippen molar-refractivity contribution in [2.24, 2.45) is 47.3 Å². The van der Waals surface area contributed by atoms with Crippen LogP contribution in [0.25, 0.3) is 5.57 Å². The van der Waals surface area contributed by atoms with Crippen LogP contribution in [0.5, 0.6) is 0 Å². The highest BCUT2D eigenvalue weighted by molar-refractivity contribution is 5.88. The molecule has 8 rings (SSSR count). The van der Waals surface area contributed by atoms with E-state index >= 15 is 0 Å². The Hall–Kier alpha value is -1.82. The molecule has 0 heteroatoms. The Labute approximate surface area is 168 Å². The van der Waals surface area contributed by atoms with E-state index in [1.165, 1.54) is 24.8 Å². The third-order valence-electron chi connectivity index (χ3n) is 10.3. The Morgan fingerprint density at radius 2 is 1.46 bits per heavy atom. The van der Waals surface area contributed by atoms with Crippen LogP contribution in [0.15, 0.2) is 66.3 Å². The molecule has 1 spiro atoms. The van der Waals surface area contributed by atoms with Crippen LogP contribution in [0, 0.1) is 47.3 Å². The van der Waals surface area contributed by atoms with E-state index in [0.717, 1.165) is 53.8 Å². The van der Waals surface area contributed by atoms with Crippen LogP contribution in [-0.2, 0) is 5.41 Å². The number of hydrogen-bond donors (Lipinski definition) is 0. The van der Waals surface area contributed by atoms with Crippen LogP contribution >= 0.6 is 0 Å². The molecule has 4 fully saturated rings. The van der Waals surface area contributed by atoms with Gasteiger partial charge >= 0.3 is 0 Å². The molecule has 1 aromatic rings. The summed E-state index contributed by atoms with van der Waals surface area (Å²) < 4.78 is 0. The van der Waals surface area contributed by atoms with E-state index in [4.69, 9.17) is 0 Å². The maximum absolute atomic E-state index is 2.61. The largest absolute Gasteiger partial charge is 0.0848 e. The van der Waals surface area contributed by atoms with E-state index in [1.807, 2.05) is 0 Å². The van der Waals surface area contributed by atoms with Crippen molar-refractivity contribution in [3.8, 4) is 0 Å². The van der Waals surface area contributed by atoms with Crippen LogP contribution in [0.1, 0.15) is 43.2 Å². The predicted molar refractivity (Wildman–Crippen MR) is 113 cm³/mol. The fraction of sp³-hybridized carbons (Fsp3) is 0.500. The average Bonchev–Trinajstić information content (AvgIpc) is 3.51. The van der Waals surface area contributed by atoms with Gasteiger partial charge in [0.05, 0.1) is 0 Å². The lowest BCUT2D eigenvalue weighted by atomic mass is 9.66. The van der Waals surface area contributed by atoms with Crippen molar-refractivity contribution in [3.63, 3.8) is 0 Å². The highest BCUT2D eigenvalue weighted by Crippen LogP contribution is 2.75. The SMILES string of the molecule is C1=CC2=C(C=CC1)C1(CC3C(C1)C1CC3C3C4C=CC(C4)C13)c1ccccc12. The first-order valence-electron chi connectivity index (χ1n) is 11.7. The smallest absolute Gasteiger partial charge is 0.0220 e. The summed E-state index contributed by atoms with van der Waals surface area (Å²) in [7, 11) is 0. The molecular weight excluding hydrogens is 336 g/mol. The second-order valence-electron chi connectivity index (χ2n) is 10.9. The Morgan fingerprint density at radius 1 is 0.750 bits per heavy atom. The van der Waals surface area contributed by atoms with Gasteiger partial charge in [0, 0.05) is 5.41 Å². The quantitative estimate of drug-likeness (QED) is 0.373. The molecule has 0 aliphatic heterocycles. The normalized spacial score (nSPS) is 50.4. The fourth-order valence-corrected chi connectivity index (χ4v) is 9.78. The van der Waals surface area contributed by atoms with E-state index < -0.39 is 0 Å². The van der Waals surface area contributed by atoms with Gasteiger partial charge in [0.1, 0.15) is 0 Å². The summed E-state index contributed by atoms with van der Waals surface area (Å²) in [6.45, 7) is 0. The molecule has 8 atom stereocenters. The van der Waals surface area contributed by atoms with Crippen molar-refractivity contribution >= 4 is 5.57 Å². The number of hydrogen-bond acceptors (Lipinski definition) is 0. The molecule has 0 radical (unpaired) electrons. The van der Waals surface area contributed by atoms with Crippen molar-refractivity contribution in [3.05, 3.63) is 77.4 Å². The number of fused-ring (bicyclic) bond motifs is 16. The highest BCUT2D eigenvalue weighted by atomic mass is 14.7. The summed E-state index contributed by atoms with van der Waals surface area (Å²) in [6.07, 6.45) is 22.0. The molecule has 4 saturated carbocycles. The van der Waals surface area contributed by atoms with Crippen LogP contribution in [0.2, 0.25) is 0 Å². The monoisotopic (exact) mass is 364 g/mol. The maximum atomic E-state index is 2.61. The molecule has 0 aromatic heterocycles.